The highest BCUT2D eigenvalue weighted by atomic mass is 35.5. The van der Waals surface area contributed by atoms with E-state index >= 15 is 0 Å². The third kappa shape index (κ3) is 2.12. The number of carbonyl (C=O) groups excluding carboxylic acids is 1. The van der Waals surface area contributed by atoms with Crippen molar-refractivity contribution in [2.24, 2.45) is 5.41 Å². The highest BCUT2D eigenvalue weighted by Crippen LogP contribution is 2.48. The zero-order chi connectivity index (χ0) is 13.5. The summed E-state index contributed by atoms with van der Waals surface area (Å²) in [5, 5.41) is -0.457. The fraction of sp³-hybridized carbons (Fsp3) is 0.438. The van der Waals surface area contributed by atoms with Crippen molar-refractivity contribution in [2.75, 3.05) is 0 Å². The molecule has 2 rings (SSSR count). The summed E-state index contributed by atoms with van der Waals surface area (Å²) in [6.45, 7) is 8.33. The third-order valence-electron chi connectivity index (χ3n) is 3.59. The Morgan fingerprint density at radius 1 is 1.11 bits per heavy atom. The zero-order valence-electron chi connectivity index (χ0n) is 11.3. The largest absolute Gasteiger partial charge is 0.293 e. The van der Waals surface area contributed by atoms with Crippen LogP contribution in [0.15, 0.2) is 41.5 Å². The normalized spacial score (nSPS) is 24.8. The number of halogens is 1. The van der Waals surface area contributed by atoms with E-state index in [2.05, 4.69) is 32.9 Å². The molecule has 0 bridgehead atoms. The summed E-state index contributed by atoms with van der Waals surface area (Å²) in [5.74, 6) is 0.0933. The lowest BCUT2D eigenvalue weighted by molar-refractivity contribution is -0.114. The first-order chi connectivity index (χ1) is 8.34. The van der Waals surface area contributed by atoms with Gasteiger partial charge in [-0.25, -0.2) is 0 Å². The lowest BCUT2D eigenvalue weighted by Crippen LogP contribution is -2.20. The molecule has 1 nitrogen and oxygen atoms in total. The minimum atomic E-state index is -0.457. The highest BCUT2D eigenvalue weighted by molar-refractivity contribution is 6.36. The molecule has 0 aromatic heterocycles. The molecular formula is C16H19ClO. The lowest BCUT2D eigenvalue weighted by atomic mass is 9.76. The van der Waals surface area contributed by atoms with Crippen molar-refractivity contribution in [3.63, 3.8) is 0 Å². The minimum absolute atomic E-state index is 0.0142. The molecule has 18 heavy (non-hydrogen) atoms. The van der Waals surface area contributed by atoms with Crippen molar-refractivity contribution >= 4 is 17.4 Å². The number of carbonyl (C=O) groups is 1. The molecule has 0 N–H and O–H groups in total. The maximum Gasteiger partial charge on any atom is 0.177 e. The molecule has 1 aliphatic carbocycles. The van der Waals surface area contributed by atoms with Crippen molar-refractivity contribution < 1.29 is 4.79 Å². The molecular weight excluding hydrogens is 244 g/mol. The first kappa shape index (κ1) is 13.4. The molecule has 0 unspecified atom stereocenters. The Morgan fingerprint density at radius 2 is 1.67 bits per heavy atom. The predicted molar refractivity (Wildman–Crippen MR) is 76.0 cm³/mol. The van der Waals surface area contributed by atoms with Gasteiger partial charge in [0.15, 0.2) is 5.78 Å². The van der Waals surface area contributed by atoms with E-state index in [1.54, 1.807) is 0 Å². The van der Waals surface area contributed by atoms with Gasteiger partial charge in [0.1, 0.15) is 5.38 Å². The molecule has 0 amide bonds. The molecule has 1 aromatic rings. The van der Waals surface area contributed by atoms with Crippen LogP contribution < -0.4 is 0 Å². The number of hydrogen-bond acceptors (Lipinski definition) is 1. The van der Waals surface area contributed by atoms with Crippen molar-refractivity contribution in [2.45, 2.75) is 39.0 Å². The summed E-state index contributed by atoms with van der Waals surface area (Å²) in [4.78, 5) is 12.2. The molecule has 0 radical (unpaired) electrons. The molecule has 0 saturated heterocycles. The summed E-state index contributed by atoms with van der Waals surface area (Å²) in [6, 6.07) is 10.1. The van der Waals surface area contributed by atoms with Gasteiger partial charge in [-0.1, -0.05) is 51.1 Å². The van der Waals surface area contributed by atoms with Gasteiger partial charge in [-0.3, -0.25) is 4.79 Å². The first-order valence-electron chi connectivity index (χ1n) is 6.28. The smallest absolute Gasteiger partial charge is 0.177 e. The second-order valence-corrected chi connectivity index (χ2v) is 6.41. The van der Waals surface area contributed by atoms with Crippen LogP contribution in [0, 0.1) is 5.41 Å². The van der Waals surface area contributed by atoms with Crippen molar-refractivity contribution in [3.8, 4) is 0 Å². The standard InChI is InChI=1S/C16H19ClO/c1-10-13(16(2,3)4)12(14(17)15(10)18)11-8-6-5-7-9-11/h5-9,12,14H,1-4H3/t12-,14-/m1/s1. The molecule has 0 aliphatic heterocycles. The van der Waals surface area contributed by atoms with E-state index in [0.29, 0.717) is 0 Å². The van der Waals surface area contributed by atoms with Crippen LogP contribution in [0.4, 0.5) is 0 Å². The number of Topliss-reactive ketones (excluding diaryl/α,β-unsaturated/α-hetero) is 1. The Labute approximate surface area is 114 Å². The van der Waals surface area contributed by atoms with E-state index in [9.17, 15) is 4.79 Å². The van der Waals surface area contributed by atoms with Crippen LogP contribution in [-0.4, -0.2) is 11.2 Å². The number of hydrogen-bond donors (Lipinski definition) is 0. The van der Waals surface area contributed by atoms with E-state index in [1.165, 1.54) is 5.57 Å². The van der Waals surface area contributed by atoms with Gasteiger partial charge in [-0.05, 0) is 29.0 Å². The quantitative estimate of drug-likeness (QED) is 0.689. The minimum Gasteiger partial charge on any atom is -0.293 e. The van der Waals surface area contributed by atoms with Gasteiger partial charge in [0.05, 0.1) is 0 Å². The Bertz CT molecular complexity index is 494. The Kier molecular flexibility index (Phi) is 3.37. The first-order valence-corrected chi connectivity index (χ1v) is 6.72. The zero-order valence-corrected chi connectivity index (χ0v) is 12.1. The fourth-order valence-electron chi connectivity index (χ4n) is 2.90. The summed E-state index contributed by atoms with van der Waals surface area (Å²) < 4.78 is 0. The lowest BCUT2D eigenvalue weighted by Gasteiger charge is -2.28. The number of allylic oxidation sites excluding steroid dienone is 2. The van der Waals surface area contributed by atoms with Crippen LogP contribution in [0.2, 0.25) is 0 Å². The van der Waals surface area contributed by atoms with Crippen LogP contribution in [0.3, 0.4) is 0 Å². The molecule has 0 saturated carbocycles. The van der Waals surface area contributed by atoms with E-state index in [0.717, 1.165) is 11.1 Å². The highest BCUT2D eigenvalue weighted by Gasteiger charge is 2.43. The number of alkyl halides is 1. The average molecular weight is 263 g/mol. The van der Waals surface area contributed by atoms with Crippen LogP contribution in [0.1, 0.15) is 39.2 Å². The van der Waals surface area contributed by atoms with Crippen molar-refractivity contribution in [1.82, 2.24) is 0 Å². The van der Waals surface area contributed by atoms with Crippen LogP contribution in [0.5, 0.6) is 0 Å². The number of benzene rings is 1. The predicted octanol–water partition coefficient (Wildman–Crippen LogP) is 4.32. The summed E-state index contributed by atoms with van der Waals surface area (Å²) in [7, 11) is 0. The Morgan fingerprint density at radius 3 is 2.17 bits per heavy atom. The van der Waals surface area contributed by atoms with Crippen molar-refractivity contribution in [3.05, 3.63) is 47.0 Å². The summed E-state index contributed by atoms with van der Waals surface area (Å²) >= 11 is 6.37. The second kappa shape index (κ2) is 4.55. The SMILES string of the molecule is CC1=C(C(C)(C)C)[C@@H](c2ccccc2)[C@@H](Cl)C1=O. The molecule has 0 fully saturated rings. The van der Waals surface area contributed by atoms with Crippen LogP contribution >= 0.6 is 11.6 Å². The molecule has 0 spiro atoms. The van der Waals surface area contributed by atoms with Gasteiger partial charge in [0, 0.05) is 5.92 Å². The van der Waals surface area contributed by atoms with Gasteiger partial charge in [0.2, 0.25) is 0 Å². The molecule has 1 aromatic carbocycles. The van der Waals surface area contributed by atoms with E-state index in [1.807, 2.05) is 25.1 Å². The van der Waals surface area contributed by atoms with Gasteiger partial charge in [0.25, 0.3) is 0 Å². The van der Waals surface area contributed by atoms with Crippen molar-refractivity contribution in [1.29, 1.82) is 0 Å². The molecule has 0 heterocycles. The van der Waals surface area contributed by atoms with Gasteiger partial charge in [-0.15, -0.1) is 11.6 Å². The summed E-state index contributed by atoms with van der Waals surface area (Å²) in [5.41, 5.74) is 3.12. The molecule has 96 valence electrons. The molecule has 1 aliphatic rings. The van der Waals surface area contributed by atoms with Crippen LogP contribution in [-0.2, 0) is 4.79 Å². The topological polar surface area (TPSA) is 17.1 Å². The van der Waals surface area contributed by atoms with Crippen LogP contribution in [0.25, 0.3) is 0 Å². The number of ketones is 1. The molecule has 2 atom stereocenters. The maximum absolute atomic E-state index is 12.2. The fourth-order valence-corrected chi connectivity index (χ4v) is 3.33. The van der Waals surface area contributed by atoms with Gasteiger partial charge in [-0.2, -0.15) is 0 Å². The average Bonchev–Trinajstić information content (AvgIpc) is 2.54. The Balaban J connectivity index is 2.56. The second-order valence-electron chi connectivity index (χ2n) is 5.94. The Hall–Kier alpha value is -1.08. The monoisotopic (exact) mass is 262 g/mol. The third-order valence-corrected chi connectivity index (χ3v) is 4.04. The van der Waals surface area contributed by atoms with E-state index < -0.39 is 5.38 Å². The van der Waals surface area contributed by atoms with Gasteiger partial charge < -0.3 is 0 Å². The maximum atomic E-state index is 12.2. The summed E-state index contributed by atoms with van der Waals surface area (Å²) in [6.07, 6.45) is 0. The molecule has 2 heteroatoms. The van der Waals surface area contributed by atoms with E-state index in [4.69, 9.17) is 11.6 Å². The van der Waals surface area contributed by atoms with Gasteiger partial charge >= 0.3 is 0 Å². The van der Waals surface area contributed by atoms with E-state index in [-0.39, 0.29) is 17.1 Å². The number of rotatable bonds is 1.